The quantitative estimate of drug-likeness (QED) is 0.488. The Labute approximate surface area is 178 Å². The molecule has 1 N–H and O–H groups in total. The average molecular weight is 420 g/mol. The fraction of sp³-hybridized carbons (Fsp3) is 0.0833. The number of carbonyl (C=O) groups excluding carboxylic acids is 2. The third kappa shape index (κ3) is 3.67. The van der Waals surface area contributed by atoms with E-state index in [0.717, 1.165) is 5.56 Å². The van der Waals surface area contributed by atoms with Crippen molar-refractivity contribution in [2.45, 2.75) is 6.54 Å². The van der Waals surface area contributed by atoms with Crippen LogP contribution in [-0.4, -0.2) is 28.9 Å². The van der Waals surface area contributed by atoms with Crippen molar-refractivity contribution in [3.63, 3.8) is 0 Å². The topological polar surface area (TPSA) is 66.8 Å². The number of carbonyl (C=O) groups is 2. The Balaban J connectivity index is 1.76. The lowest BCUT2D eigenvalue weighted by Gasteiger charge is -2.29. The van der Waals surface area contributed by atoms with E-state index in [1.807, 2.05) is 12.1 Å². The van der Waals surface area contributed by atoms with E-state index in [1.54, 1.807) is 61.7 Å². The molecular weight excluding hydrogens is 402 g/mol. The summed E-state index contributed by atoms with van der Waals surface area (Å²) < 4.78 is 5.16. The van der Waals surface area contributed by atoms with Gasteiger partial charge in [-0.2, -0.15) is 0 Å². The Morgan fingerprint density at radius 2 is 1.67 bits per heavy atom. The maximum absolute atomic E-state index is 13.3. The van der Waals surface area contributed by atoms with Crippen molar-refractivity contribution in [1.82, 2.24) is 4.90 Å². The van der Waals surface area contributed by atoms with E-state index in [2.05, 4.69) is 0 Å². The Kier molecular flexibility index (Phi) is 5.29. The molecule has 0 aliphatic carbocycles. The first-order chi connectivity index (χ1) is 14.5. The van der Waals surface area contributed by atoms with Crippen molar-refractivity contribution >= 4 is 35.1 Å². The predicted octanol–water partition coefficient (Wildman–Crippen LogP) is 4.78. The van der Waals surface area contributed by atoms with Crippen LogP contribution in [0.4, 0.5) is 0 Å². The summed E-state index contributed by atoms with van der Waals surface area (Å²) in [5.41, 5.74) is 2.88. The van der Waals surface area contributed by atoms with E-state index in [1.165, 1.54) is 11.0 Å². The SMILES string of the molecule is COc1ccc(CN2C(=O)C(=Cc3ccc(O)c(Cl)c3)c3ccccc3C2=O)cc1. The Morgan fingerprint density at radius 3 is 2.33 bits per heavy atom. The molecule has 0 saturated carbocycles. The molecule has 0 fully saturated rings. The second-order valence-corrected chi connectivity index (χ2v) is 7.27. The number of amides is 2. The summed E-state index contributed by atoms with van der Waals surface area (Å²) >= 11 is 6.01. The van der Waals surface area contributed by atoms with Gasteiger partial charge < -0.3 is 9.84 Å². The van der Waals surface area contributed by atoms with Gasteiger partial charge in [0.1, 0.15) is 11.5 Å². The highest BCUT2D eigenvalue weighted by atomic mass is 35.5. The van der Waals surface area contributed by atoms with Crippen LogP contribution in [0.15, 0.2) is 66.7 Å². The summed E-state index contributed by atoms with van der Waals surface area (Å²) in [7, 11) is 1.58. The van der Waals surface area contributed by atoms with Gasteiger partial charge in [-0.1, -0.05) is 48.0 Å². The van der Waals surface area contributed by atoms with Gasteiger partial charge in [-0.05, 0) is 53.1 Å². The zero-order valence-electron chi connectivity index (χ0n) is 16.1. The molecule has 0 spiro atoms. The van der Waals surface area contributed by atoms with E-state index in [0.29, 0.717) is 28.0 Å². The van der Waals surface area contributed by atoms with E-state index >= 15 is 0 Å². The van der Waals surface area contributed by atoms with Crippen LogP contribution < -0.4 is 4.74 Å². The molecule has 3 aromatic rings. The summed E-state index contributed by atoms with van der Waals surface area (Å²) in [6.45, 7) is 0.143. The van der Waals surface area contributed by atoms with Crippen molar-refractivity contribution in [2.75, 3.05) is 7.11 Å². The number of aromatic hydroxyl groups is 1. The molecule has 0 atom stereocenters. The minimum absolute atomic E-state index is 0.0366. The smallest absolute Gasteiger partial charge is 0.261 e. The van der Waals surface area contributed by atoms with Crippen LogP contribution in [-0.2, 0) is 11.3 Å². The molecule has 150 valence electrons. The molecular formula is C24H18ClNO4. The number of hydrogen-bond donors (Lipinski definition) is 1. The van der Waals surface area contributed by atoms with E-state index < -0.39 is 5.91 Å². The number of benzene rings is 3. The summed E-state index contributed by atoms with van der Waals surface area (Å²) in [6.07, 6.45) is 1.68. The van der Waals surface area contributed by atoms with Crippen LogP contribution in [0.5, 0.6) is 11.5 Å². The molecule has 0 bridgehead atoms. The summed E-state index contributed by atoms with van der Waals surface area (Å²) in [6, 6.07) is 18.9. The second kappa shape index (κ2) is 8.05. The summed E-state index contributed by atoms with van der Waals surface area (Å²) in [5, 5.41) is 9.84. The van der Waals surface area contributed by atoms with Gasteiger partial charge in [0, 0.05) is 11.1 Å². The lowest BCUT2D eigenvalue weighted by atomic mass is 9.91. The number of nitrogens with zero attached hydrogens (tertiary/aromatic N) is 1. The molecule has 4 rings (SSSR count). The highest BCUT2D eigenvalue weighted by Crippen LogP contribution is 2.33. The lowest BCUT2D eigenvalue weighted by molar-refractivity contribution is -0.123. The highest BCUT2D eigenvalue weighted by Gasteiger charge is 2.34. The number of halogens is 1. The Bertz CT molecular complexity index is 1170. The Hall–Kier alpha value is -3.57. The molecule has 6 heteroatoms. The number of hydrogen-bond acceptors (Lipinski definition) is 4. The number of ether oxygens (including phenoxy) is 1. The van der Waals surface area contributed by atoms with Crippen LogP contribution in [0.25, 0.3) is 11.6 Å². The standard InChI is InChI=1S/C24H18ClNO4/c1-30-17-9-6-15(7-10-17)14-26-23(28)19-5-3-2-4-18(19)20(24(26)29)12-16-8-11-22(27)21(25)13-16/h2-13,27H,14H2,1H3. The minimum atomic E-state index is -0.390. The fourth-order valence-electron chi connectivity index (χ4n) is 3.38. The molecule has 0 aromatic heterocycles. The van der Waals surface area contributed by atoms with Gasteiger partial charge in [0.15, 0.2) is 0 Å². The van der Waals surface area contributed by atoms with Gasteiger partial charge in [0.05, 0.1) is 18.7 Å². The van der Waals surface area contributed by atoms with Gasteiger partial charge in [-0.15, -0.1) is 0 Å². The van der Waals surface area contributed by atoms with Gasteiger partial charge in [-0.25, -0.2) is 0 Å². The summed E-state index contributed by atoms with van der Waals surface area (Å²) in [4.78, 5) is 27.6. The number of phenols is 1. The number of rotatable bonds is 4. The molecule has 0 unspecified atom stereocenters. The normalized spacial score (nSPS) is 14.7. The molecule has 0 radical (unpaired) electrons. The molecule has 1 aliphatic rings. The van der Waals surface area contributed by atoms with Crippen LogP contribution in [0.2, 0.25) is 5.02 Å². The van der Waals surface area contributed by atoms with Gasteiger partial charge in [0.25, 0.3) is 11.8 Å². The molecule has 1 heterocycles. The maximum Gasteiger partial charge on any atom is 0.261 e. The molecule has 5 nitrogen and oxygen atoms in total. The molecule has 3 aromatic carbocycles. The third-order valence-electron chi connectivity index (χ3n) is 4.95. The van der Waals surface area contributed by atoms with E-state index in [4.69, 9.17) is 16.3 Å². The largest absolute Gasteiger partial charge is 0.506 e. The van der Waals surface area contributed by atoms with Crippen LogP contribution in [0.1, 0.15) is 27.0 Å². The van der Waals surface area contributed by atoms with Gasteiger partial charge in [-0.3, -0.25) is 14.5 Å². The van der Waals surface area contributed by atoms with Crippen molar-refractivity contribution < 1.29 is 19.4 Å². The third-order valence-corrected chi connectivity index (χ3v) is 5.25. The number of imide groups is 1. The maximum atomic E-state index is 13.3. The average Bonchev–Trinajstić information content (AvgIpc) is 2.77. The lowest BCUT2D eigenvalue weighted by Crippen LogP contribution is -2.41. The molecule has 0 saturated heterocycles. The molecule has 2 amide bonds. The zero-order chi connectivity index (χ0) is 21.3. The van der Waals surface area contributed by atoms with Gasteiger partial charge >= 0.3 is 0 Å². The minimum Gasteiger partial charge on any atom is -0.506 e. The fourth-order valence-corrected chi connectivity index (χ4v) is 3.57. The predicted molar refractivity (Wildman–Crippen MR) is 115 cm³/mol. The van der Waals surface area contributed by atoms with Crippen LogP contribution in [0, 0.1) is 0 Å². The van der Waals surface area contributed by atoms with Crippen molar-refractivity contribution in [2.24, 2.45) is 0 Å². The zero-order valence-corrected chi connectivity index (χ0v) is 16.9. The van der Waals surface area contributed by atoms with Crippen LogP contribution in [0.3, 0.4) is 0 Å². The number of methoxy groups -OCH3 is 1. The molecule has 1 aliphatic heterocycles. The number of phenolic OH excluding ortho intramolecular Hbond substituents is 1. The van der Waals surface area contributed by atoms with Crippen molar-refractivity contribution in [1.29, 1.82) is 0 Å². The number of fused-ring (bicyclic) bond motifs is 1. The Morgan fingerprint density at radius 1 is 0.967 bits per heavy atom. The second-order valence-electron chi connectivity index (χ2n) is 6.86. The van der Waals surface area contributed by atoms with E-state index in [-0.39, 0.29) is 23.2 Å². The van der Waals surface area contributed by atoms with Crippen molar-refractivity contribution in [3.8, 4) is 11.5 Å². The first-order valence-electron chi connectivity index (χ1n) is 9.26. The first-order valence-corrected chi connectivity index (χ1v) is 9.64. The van der Waals surface area contributed by atoms with E-state index in [9.17, 15) is 14.7 Å². The highest BCUT2D eigenvalue weighted by molar-refractivity contribution is 6.34. The van der Waals surface area contributed by atoms with Crippen LogP contribution >= 0.6 is 11.6 Å². The first kappa shape index (κ1) is 19.7. The monoisotopic (exact) mass is 419 g/mol. The van der Waals surface area contributed by atoms with Gasteiger partial charge in [0.2, 0.25) is 0 Å². The van der Waals surface area contributed by atoms with Crippen molar-refractivity contribution in [3.05, 3.63) is 94.0 Å². The summed E-state index contributed by atoms with van der Waals surface area (Å²) in [5.74, 6) is -0.0679. The molecule has 30 heavy (non-hydrogen) atoms.